The first-order valence-electron chi connectivity index (χ1n) is 5.38. The van der Waals surface area contributed by atoms with Crippen LogP contribution in [0.5, 0.6) is 0 Å². The van der Waals surface area contributed by atoms with Gasteiger partial charge >= 0.3 is 0 Å². The van der Waals surface area contributed by atoms with Crippen LogP contribution in [0.4, 0.5) is 0 Å². The van der Waals surface area contributed by atoms with Gasteiger partial charge in [-0.1, -0.05) is 18.5 Å². The predicted molar refractivity (Wildman–Crippen MR) is 63.6 cm³/mol. The molecular weight excluding hydrogens is 240 g/mol. The van der Waals surface area contributed by atoms with E-state index in [1.807, 2.05) is 6.92 Å². The van der Waals surface area contributed by atoms with E-state index >= 15 is 0 Å². The van der Waals surface area contributed by atoms with Crippen LogP contribution in [0, 0.1) is 0 Å². The summed E-state index contributed by atoms with van der Waals surface area (Å²) in [4.78, 5) is 7.75. The first-order chi connectivity index (χ1) is 8.24. The second-order valence-corrected chi connectivity index (χ2v) is 4.08. The lowest BCUT2D eigenvalue weighted by Crippen LogP contribution is -2.11. The van der Waals surface area contributed by atoms with Crippen molar-refractivity contribution in [1.82, 2.24) is 19.7 Å². The molecule has 0 saturated carbocycles. The third-order valence-electron chi connectivity index (χ3n) is 2.42. The van der Waals surface area contributed by atoms with Crippen molar-refractivity contribution < 1.29 is 5.11 Å². The molecule has 6 heteroatoms. The average molecular weight is 253 g/mol. The van der Waals surface area contributed by atoms with E-state index in [-0.39, 0.29) is 0 Å². The molecule has 2 rings (SSSR count). The van der Waals surface area contributed by atoms with Crippen molar-refractivity contribution in [2.75, 3.05) is 0 Å². The summed E-state index contributed by atoms with van der Waals surface area (Å²) < 4.78 is 1.71. The summed E-state index contributed by atoms with van der Waals surface area (Å²) >= 11 is 6.04. The Morgan fingerprint density at radius 2 is 2.06 bits per heavy atom. The quantitative estimate of drug-likeness (QED) is 0.902. The maximum absolute atomic E-state index is 10.2. The summed E-state index contributed by atoms with van der Waals surface area (Å²) in [6.07, 6.45) is 6.16. The summed E-state index contributed by atoms with van der Waals surface area (Å²) in [5.41, 5.74) is 1.19. The van der Waals surface area contributed by atoms with Gasteiger partial charge in [0.2, 0.25) is 0 Å². The smallest absolute Gasteiger partial charge is 0.125 e. The second kappa shape index (κ2) is 5.25. The van der Waals surface area contributed by atoms with E-state index in [0.717, 1.165) is 6.42 Å². The Morgan fingerprint density at radius 3 is 2.71 bits per heavy atom. The highest BCUT2D eigenvalue weighted by atomic mass is 35.5. The molecule has 2 heterocycles. The number of aromatic nitrogens is 4. The highest BCUT2D eigenvalue weighted by molar-refractivity contribution is 6.31. The molecule has 0 fully saturated rings. The fourth-order valence-electron chi connectivity index (χ4n) is 1.64. The number of nitrogens with zero attached hydrogens (tertiary/aromatic N) is 4. The summed E-state index contributed by atoms with van der Waals surface area (Å²) in [5, 5.41) is 14.8. The first kappa shape index (κ1) is 12.0. The van der Waals surface area contributed by atoms with Gasteiger partial charge in [-0.15, -0.1) is 0 Å². The molecule has 17 heavy (non-hydrogen) atoms. The number of aliphatic hydroxyl groups is 1. The predicted octanol–water partition coefficient (Wildman–Crippen LogP) is 1.82. The van der Waals surface area contributed by atoms with Gasteiger partial charge in [-0.25, -0.2) is 9.97 Å². The largest absolute Gasteiger partial charge is 0.382 e. The molecule has 0 aliphatic heterocycles. The van der Waals surface area contributed by atoms with Crippen LogP contribution in [0.3, 0.4) is 0 Å². The van der Waals surface area contributed by atoms with Crippen LogP contribution in [0.2, 0.25) is 5.02 Å². The Labute approximate surface area is 104 Å². The van der Waals surface area contributed by atoms with Crippen LogP contribution in [0.15, 0.2) is 24.9 Å². The molecule has 2 aromatic rings. The Balaban J connectivity index is 2.36. The van der Waals surface area contributed by atoms with Crippen LogP contribution in [-0.2, 0) is 6.54 Å². The summed E-state index contributed by atoms with van der Waals surface area (Å²) in [6, 6.07) is 0. The van der Waals surface area contributed by atoms with Crippen LogP contribution in [0.1, 0.15) is 30.7 Å². The Kier molecular flexibility index (Phi) is 3.71. The molecule has 1 unspecified atom stereocenters. The third kappa shape index (κ3) is 2.45. The summed E-state index contributed by atoms with van der Waals surface area (Å²) in [5.74, 6) is 0. The molecule has 2 aromatic heterocycles. The normalized spacial score (nSPS) is 12.6. The SMILES string of the molecule is CCCn1ncc(Cl)c1C(O)c1cncnc1. The molecule has 0 aromatic carbocycles. The fourth-order valence-corrected chi connectivity index (χ4v) is 1.89. The van der Waals surface area contributed by atoms with Crippen LogP contribution in [-0.4, -0.2) is 24.9 Å². The van der Waals surface area contributed by atoms with Gasteiger partial charge in [0.15, 0.2) is 0 Å². The van der Waals surface area contributed by atoms with Gasteiger partial charge in [-0.2, -0.15) is 5.10 Å². The topological polar surface area (TPSA) is 63.8 Å². The molecule has 0 aliphatic rings. The van der Waals surface area contributed by atoms with Crippen molar-refractivity contribution in [3.05, 3.63) is 41.2 Å². The molecule has 90 valence electrons. The Morgan fingerprint density at radius 1 is 1.35 bits per heavy atom. The van der Waals surface area contributed by atoms with Crippen molar-refractivity contribution in [3.8, 4) is 0 Å². The van der Waals surface area contributed by atoms with Crippen molar-refractivity contribution in [3.63, 3.8) is 0 Å². The van der Waals surface area contributed by atoms with Crippen LogP contribution < -0.4 is 0 Å². The third-order valence-corrected chi connectivity index (χ3v) is 2.72. The zero-order valence-corrected chi connectivity index (χ0v) is 10.2. The maximum Gasteiger partial charge on any atom is 0.125 e. The van der Waals surface area contributed by atoms with E-state index in [0.29, 0.717) is 22.8 Å². The number of rotatable bonds is 4. The fraction of sp³-hybridized carbons (Fsp3) is 0.364. The first-order valence-corrected chi connectivity index (χ1v) is 5.76. The molecular formula is C11H13ClN4O. The van der Waals surface area contributed by atoms with Crippen molar-refractivity contribution >= 4 is 11.6 Å². The van der Waals surface area contributed by atoms with E-state index < -0.39 is 6.10 Å². The Hall–Kier alpha value is -1.46. The molecule has 0 bridgehead atoms. The van der Waals surface area contributed by atoms with E-state index in [9.17, 15) is 5.11 Å². The molecule has 1 N–H and O–H groups in total. The van der Waals surface area contributed by atoms with Gasteiger partial charge in [0.25, 0.3) is 0 Å². The molecule has 0 radical (unpaired) electrons. The second-order valence-electron chi connectivity index (χ2n) is 3.68. The number of hydrogen-bond donors (Lipinski definition) is 1. The van der Waals surface area contributed by atoms with E-state index in [4.69, 9.17) is 11.6 Å². The standard InChI is InChI=1S/C11H13ClN4O/c1-2-3-16-10(9(12)6-15-16)11(17)8-4-13-7-14-5-8/h4-7,11,17H,2-3H2,1H3. The lowest BCUT2D eigenvalue weighted by Gasteiger charge is -2.13. The Bertz CT molecular complexity index is 485. The van der Waals surface area contributed by atoms with Gasteiger partial charge < -0.3 is 5.11 Å². The van der Waals surface area contributed by atoms with Crippen molar-refractivity contribution in [2.45, 2.75) is 26.0 Å². The minimum Gasteiger partial charge on any atom is -0.382 e. The van der Waals surface area contributed by atoms with E-state index in [2.05, 4.69) is 15.1 Å². The minimum absolute atomic E-state index is 0.454. The monoisotopic (exact) mass is 252 g/mol. The zero-order chi connectivity index (χ0) is 12.3. The lowest BCUT2D eigenvalue weighted by atomic mass is 10.1. The lowest BCUT2D eigenvalue weighted by molar-refractivity contribution is 0.206. The van der Waals surface area contributed by atoms with Gasteiger partial charge in [-0.05, 0) is 6.42 Å². The molecule has 0 amide bonds. The number of halogens is 1. The van der Waals surface area contributed by atoms with Gasteiger partial charge in [0.1, 0.15) is 12.4 Å². The van der Waals surface area contributed by atoms with Crippen LogP contribution in [0.25, 0.3) is 0 Å². The highest BCUT2D eigenvalue weighted by Gasteiger charge is 2.19. The summed E-state index contributed by atoms with van der Waals surface area (Å²) in [6.45, 7) is 2.75. The molecule has 1 atom stereocenters. The van der Waals surface area contributed by atoms with Gasteiger partial charge in [0.05, 0.1) is 16.9 Å². The number of aliphatic hydroxyl groups excluding tert-OH is 1. The number of hydrogen-bond acceptors (Lipinski definition) is 4. The van der Waals surface area contributed by atoms with Gasteiger partial charge in [0, 0.05) is 24.5 Å². The van der Waals surface area contributed by atoms with Crippen molar-refractivity contribution in [1.29, 1.82) is 0 Å². The molecule has 5 nitrogen and oxygen atoms in total. The van der Waals surface area contributed by atoms with E-state index in [1.165, 1.54) is 6.33 Å². The molecule has 0 aliphatic carbocycles. The molecule has 0 spiro atoms. The maximum atomic E-state index is 10.2. The van der Waals surface area contributed by atoms with Crippen LogP contribution >= 0.6 is 11.6 Å². The number of aryl methyl sites for hydroxylation is 1. The molecule has 0 saturated heterocycles. The highest BCUT2D eigenvalue weighted by Crippen LogP contribution is 2.27. The minimum atomic E-state index is -0.849. The van der Waals surface area contributed by atoms with Gasteiger partial charge in [-0.3, -0.25) is 4.68 Å². The average Bonchev–Trinajstić information content (AvgIpc) is 2.71. The summed E-state index contributed by atoms with van der Waals surface area (Å²) in [7, 11) is 0. The zero-order valence-electron chi connectivity index (χ0n) is 9.41. The van der Waals surface area contributed by atoms with Crippen molar-refractivity contribution in [2.24, 2.45) is 0 Å². The van der Waals surface area contributed by atoms with E-state index in [1.54, 1.807) is 23.3 Å².